The molecule has 0 saturated heterocycles. The van der Waals surface area contributed by atoms with Crippen LogP contribution in [0.2, 0.25) is 0 Å². The zero-order chi connectivity index (χ0) is 19.4. The highest BCUT2D eigenvalue weighted by Gasteiger charge is 2.18. The highest BCUT2D eigenvalue weighted by molar-refractivity contribution is 6.08. The molecule has 0 amide bonds. The van der Waals surface area contributed by atoms with Crippen LogP contribution in [0, 0.1) is 6.92 Å². The number of nitrogens with one attached hydrogen (secondary N) is 1. The van der Waals surface area contributed by atoms with E-state index in [-0.39, 0.29) is 12.4 Å². The van der Waals surface area contributed by atoms with Gasteiger partial charge in [0.25, 0.3) is 0 Å². The van der Waals surface area contributed by atoms with Crippen LogP contribution in [0.4, 0.5) is 0 Å². The molecule has 1 aliphatic carbocycles. The van der Waals surface area contributed by atoms with Gasteiger partial charge < -0.3 is 19.7 Å². The summed E-state index contributed by atoms with van der Waals surface area (Å²) in [5.41, 5.74) is 2.80. The second-order valence-corrected chi connectivity index (χ2v) is 7.65. The summed E-state index contributed by atoms with van der Waals surface area (Å²) >= 11 is 0. The van der Waals surface area contributed by atoms with Crippen LogP contribution in [0.3, 0.4) is 0 Å². The molecule has 1 aromatic carbocycles. The Morgan fingerprint density at radius 2 is 2.07 bits per heavy atom. The maximum atomic E-state index is 12.1. The molecule has 1 saturated carbocycles. The van der Waals surface area contributed by atoms with Crippen molar-refractivity contribution in [2.75, 3.05) is 13.2 Å². The van der Waals surface area contributed by atoms with Crippen LogP contribution in [0.1, 0.15) is 62.0 Å². The number of benzene rings is 1. The molecule has 0 bridgehead atoms. The summed E-state index contributed by atoms with van der Waals surface area (Å²) in [6, 6.07) is 6.37. The lowest BCUT2D eigenvalue weighted by atomic mass is 9.95. The smallest absolute Gasteiger partial charge is 0.162 e. The van der Waals surface area contributed by atoms with Gasteiger partial charge in [-0.05, 0) is 51.8 Å². The number of carbonyl (C=O) groups is 1. The maximum absolute atomic E-state index is 12.1. The predicted molar refractivity (Wildman–Crippen MR) is 109 cm³/mol. The second kappa shape index (κ2) is 8.89. The van der Waals surface area contributed by atoms with E-state index in [1.54, 1.807) is 6.92 Å². The Bertz CT molecular complexity index is 790. The number of Topliss-reactive ketones (excluding diaryl/α,β-unsaturated/α-hetero) is 1. The van der Waals surface area contributed by atoms with E-state index >= 15 is 0 Å². The minimum absolute atomic E-state index is 0.0681. The summed E-state index contributed by atoms with van der Waals surface area (Å²) in [4.78, 5) is 12.1. The molecule has 1 atom stereocenters. The monoisotopic (exact) mass is 372 g/mol. The SMILES string of the molecule is CCn1c(C)c(C(C)=O)c2cc(OC[C@H](O)CNC3CCCCC3)ccc21. The first-order valence-corrected chi connectivity index (χ1v) is 10.2. The first kappa shape index (κ1) is 19.9. The Morgan fingerprint density at radius 3 is 2.74 bits per heavy atom. The Hall–Kier alpha value is -1.85. The number of ketones is 1. The molecule has 0 unspecified atom stereocenters. The van der Waals surface area contributed by atoms with Crippen molar-refractivity contribution >= 4 is 16.7 Å². The van der Waals surface area contributed by atoms with Gasteiger partial charge in [-0.25, -0.2) is 0 Å². The molecular formula is C22H32N2O3. The summed E-state index contributed by atoms with van der Waals surface area (Å²) in [5, 5.41) is 14.6. The van der Waals surface area contributed by atoms with Gasteiger partial charge in [-0.15, -0.1) is 0 Å². The summed E-state index contributed by atoms with van der Waals surface area (Å²) < 4.78 is 7.97. The van der Waals surface area contributed by atoms with E-state index in [4.69, 9.17) is 4.74 Å². The third-order valence-corrected chi connectivity index (χ3v) is 5.65. The number of hydrogen-bond donors (Lipinski definition) is 2. The largest absolute Gasteiger partial charge is 0.491 e. The molecule has 2 N–H and O–H groups in total. The molecule has 148 valence electrons. The zero-order valence-corrected chi connectivity index (χ0v) is 16.8. The Labute approximate surface area is 161 Å². The number of aromatic nitrogens is 1. The average Bonchev–Trinajstić information content (AvgIpc) is 2.96. The zero-order valence-electron chi connectivity index (χ0n) is 16.8. The topological polar surface area (TPSA) is 63.5 Å². The van der Waals surface area contributed by atoms with E-state index in [9.17, 15) is 9.90 Å². The van der Waals surface area contributed by atoms with Crippen molar-refractivity contribution in [3.63, 3.8) is 0 Å². The molecule has 1 heterocycles. The minimum atomic E-state index is -0.545. The van der Waals surface area contributed by atoms with Gasteiger partial charge in [0.05, 0.1) is 0 Å². The Morgan fingerprint density at radius 1 is 1.33 bits per heavy atom. The van der Waals surface area contributed by atoms with E-state index in [1.165, 1.54) is 32.1 Å². The Balaban J connectivity index is 1.64. The van der Waals surface area contributed by atoms with Crippen LogP contribution in [-0.2, 0) is 6.54 Å². The average molecular weight is 373 g/mol. The lowest BCUT2D eigenvalue weighted by Gasteiger charge is -2.24. The summed E-state index contributed by atoms with van der Waals surface area (Å²) in [5.74, 6) is 0.758. The second-order valence-electron chi connectivity index (χ2n) is 7.65. The van der Waals surface area contributed by atoms with Crippen LogP contribution in [0.25, 0.3) is 10.9 Å². The summed E-state index contributed by atoms with van der Waals surface area (Å²) in [6.07, 6.45) is 5.74. The molecule has 0 aliphatic heterocycles. The number of aliphatic hydroxyl groups excluding tert-OH is 1. The third-order valence-electron chi connectivity index (χ3n) is 5.65. The lowest BCUT2D eigenvalue weighted by Crippen LogP contribution is -2.38. The molecule has 1 aromatic heterocycles. The van der Waals surface area contributed by atoms with E-state index in [0.29, 0.717) is 18.3 Å². The summed E-state index contributed by atoms with van der Waals surface area (Å²) in [6.45, 7) is 7.29. The first-order valence-electron chi connectivity index (χ1n) is 10.2. The van der Waals surface area contributed by atoms with E-state index in [0.717, 1.165) is 28.7 Å². The molecule has 5 heteroatoms. The van der Waals surface area contributed by atoms with Crippen molar-refractivity contribution < 1.29 is 14.6 Å². The summed E-state index contributed by atoms with van der Waals surface area (Å²) in [7, 11) is 0. The fraction of sp³-hybridized carbons (Fsp3) is 0.591. The fourth-order valence-corrected chi connectivity index (χ4v) is 4.26. The van der Waals surface area contributed by atoms with E-state index in [1.807, 2.05) is 25.1 Å². The molecule has 0 spiro atoms. The van der Waals surface area contributed by atoms with Gasteiger partial charge in [0.2, 0.25) is 0 Å². The van der Waals surface area contributed by atoms with Crippen LogP contribution in [-0.4, -0.2) is 40.8 Å². The van der Waals surface area contributed by atoms with Crippen molar-refractivity contribution in [2.24, 2.45) is 0 Å². The minimum Gasteiger partial charge on any atom is -0.491 e. The first-order chi connectivity index (χ1) is 13.0. The predicted octanol–water partition coefficient (Wildman–Crippen LogP) is 3.83. The lowest BCUT2D eigenvalue weighted by molar-refractivity contribution is 0.101. The molecule has 1 aliphatic rings. The number of aryl methyl sites for hydroxylation is 1. The number of aliphatic hydroxyl groups is 1. The molecular weight excluding hydrogens is 340 g/mol. The maximum Gasteiger partial charge on any atom is 0.162 e. The molecule has 0 radical (unpaired) electrons. The van der Waals surface area contributed by atoms with Crippen LogP contribution in [0.5, 0.6) is 5.75 Å². The van der Waals surface area contributed by atoms with Gasteiger partial charge in [0, 0.05) is 41.3 Å². The van der Waals surface area contributed by atoms with Crippen molar-refractivity contribution in [3.05, 3.63) is 29.5 Å². The van der Waals surface area contributed by atoms with Gasteiger partial charge >= 0.3 is 0 Å². The number of hydrogen-bond acceptors (Lipinski definition) is 4. The molecule has 3 rings (SSSR count). The van der Waals surface area contributed by atoms with Crippen molar-refractivity contribution in [1.29, 1.82) is 0 Å². The van der Waals surface area contributed by atoms with E-state index in [2.05, 4.69) is 16.8 Å². The molecule has 5 nitrogen and oxygen atoms in total. The van der Waals surface area contributed by atoms with Gasteiger partial charge in [0.1, 0.15) is 18.5 Å². The standard InChI is InChI=1S/C22H32N2O3/c1-4-24-15(2)22(16(3)25)20-12-19(10-11-21(20)24)27-14-18(26)13-23-17-8-6-5-7-9-17/h10-12,17-18,23,26H,4-9,13-14H2,1-3H3/t18-/m1/s1. The number of ether oxygens (including phenoxy) is 1. The van der Waals surface area contributed by atoms with Crippen molar-refractivity contribution in [2.45, 2.75) is 71.6 Å². The third kappa shape index (κ3) is 4.53. The number of fused-ring (bicyclic) bond motifs is 1. The quantitative estimate of drug-likeness (QED) is 0.691. The van der Waals surface area contributed by atoms with Gasteiger partial charge in [-0.1, -0.05) is 19.3 Å². The normalized spacial score (nSPS) is 16.6. The van der Waals surface area contributed by atoms with Crippen molar-refractivity contribution in [1.82, 2.24) is 9.88 Å². The number of nitrogens with zero attached hydrogens (tertiary/aromatic N) is 1. The van der Waals surface area contributed by atoms with Gasteiger partial charge in [-0.3, -0.25) is 4.79 Å². The van der Waals surface area contributed by atoms with Crippen LogP contribution < -0.4 is 10.1 Å². The fourth-order valence-electron chi connectivity index (χ4n) is 4.26. The molecule has 27 heavy (non-hydrogen) atoms. The van der Waals surface area contributed by atoms with E-state index < -0.39 is 6.10 Å². The number of carbonyl (C=O) groups excluding carboxylic acids is 1. The van der Waals surface area contributed by atoms with Crippen LogP contribution in [0.15, 0.2) is 18.2 Å². The van der Waals surface area contributed by atoms with Gasteiger partial charge in [0.15, 0.2) is 5.78 Å². The van der Waals surface area contributed by atoms with Gasteiger partial charge in [-0.2, -0.15) is 0 Å². The highest BCUT2D eigenvalue weighted by Crippen LogP contribution is 2.30. The highest BCUT2D eigenvalue weighted by atomic mass is 16.5. The number of rotatable bonds is 8. The van der Waals surface area contributed by atoms with Crippen LogP contribution >= 0.6 is 0 Å². The molecule has 2 aromatic rings. The molecule has 1 fully saturated rings. The Kier molecular flexibility index (Phi) is 6.55. The van der Waals surface area contributed by atoms with Crippen molar-refractivity contribution in [3.8, 4) is 5.75 Å².